The molecule has 2 aromatic carbocycles. The van der Waals surface area contributed by atoms with Gasteiger partial charge in [0.2, 0.25) is 5.82 Å². The number of benzene rings is 2. The van der Waals surface area contributed by atoms with E-state index in [1.807, 2.05) is 24.3 Å². The van der Waals surface area contributed by atoms with E-state index in [2.05, 4.69) is 41.7 Å². The predicted molar refractivity (Wildman–Crippen MR) is 105 cm³/mol. The van der Waals surface area contributed by atoms with Crippen LogP contribution in [-0.4, -0.2) is 27.1 Å². The number of carbonyl (C=O) groups is 2. The van der Waals surface area contributed by atoms with Crippen molar-refractivity contribution in [2.24, 2.45) is 0 Å². The van der Waals surface area contributed by atoms with Crippen LogP contribution in [-0.2, 0) is 9.53 Å². The molecule has 1 amide bonds. The monoisotopic (exact) mass is 439 g/mol. The Balaban J connectivity index is 1.44. The normalized spacial score (nSPS) is 17.2. The number of aromatic nitrogens is 3. The number of cyclic esters (lactones) is 1. The van der Waals surface area contributed by atoms with Gasteiger partial charge < -0.3 is 15.4 Å². The van der Waals surface area contributed by atoms with Gasteiger partial charge >= 0.3 is 5.97 Å². The highest BCUT2D eigenvalue weighted by Gasteiger charge is 2.29. The average molecular weight is 440 g/mol. The molecule has 1 aromatic heterocycles. The number of aromatic amines is 1. The Bertz CT molecular complexity index is 1030. The summed E-state index contributed by atoms with van der Waals surface area (Å²) >= 11 is 3.38. The van der Waals surface area contributed by atoms with Crippen molar-refractivity contribution in [3.63, 3.8) is 0 Å². The molecule has 8 nitrogen and oxygen atoms in total. The molecule has 0 saturated carbocycles. The van der Waals surface area contributed by atoms with Gasteiger partial charge in [-0.1, -0.05) is 40.2 Å². The van der Waals surface area contributed by atoms with Crippen molar-refractivity contribution in [2.75, 3.05) is 5.32 Å². The number of hydrogen-bond donors (Lipinski definition) is 3. The lowest BCUT2D eigenvalue weighted by Crippen LogP contribution is -2.15. The predicted octanol–water partition coefficient (Wildman–Crippen LogP) is 3.01. The summed E-state index contributed by atoms with van der Waals surface area (Å²) in [6.45, 7) is 0. The van der Waals surface area contributed by atoms with Gasteiger partial charge in [-0.05, 0) is 35.9 Å². The third-order valence-electron chi connectivity index (χ3n) is 4.01. The summed E-state index contributed by atoms with van der Waals surface area (Å²) in [5.74, 6) is -0.691. The van der Waals surface area contributed by atoms with Crippen molar-refractivity contribution in [3.05, 3.63) is 82.0 Å². The van der Waals surface area contributed by atoms with Crippen LogP contribution >= 0.6 is 15.9 Å². The third kappa shape index (κ3) is 3.94. The molecule has 140 valence electrons. The van der Waals surface area contributed by atoms with Gasteiger partial charge in [-0.3, -0.25) is 9.89 Å². The molecule has 1 aliphatic rings. The van der Waals surface area contributed by atoms with E-state index in [1.165, 1.54) is 6.33 Å². The zero-order chi connectivity index (χ0) is 19.5. The summed E-state index contributed by atoms with van der Waals surface area (Å²) in [6, 6.07) is 14.6. The second-order valence-corrected chi connectivity index (χ2v) is 6.87. The van der Waals surface area contributed by atoms with Gasteiger partial charge in [-0.15, -0.1) is 0 Å². The Morgan fingerprint density at radius 1 is 1.14 bits per heavy atom. The van der Waals surface area contributed by atoms with Crippen LogP contribution in [0.15, 0.2) is 65.0 Å². The fourth-order valence-corrected chi connectivity index (χ4v) is 2.89. The number of halogens is 1. The first kappa shape index (κ1) is 17.9. The van der Waals surface area contributed by atoms with Gasteiger partial charge in [0.15, 0.2) is 6.23 Å². The first-order chi connectivity index (χ1) is 13.6. The number of anilines is 1. The largest absolute Gasteiger partial charge is 0.433 e. The van der Waals surface area contributed by atoms with E-state index in [4.69, 9.17) is 4.74 Å². The Kier molecular flexibility index (Phi) is 4.90. The number of amides is 1. The number of H-pyrrole nitrogens is 1. The van der Waals surface area contributed by atoms with Crippen LogP contribution in [0.3, 0.4) is 0 Å². The SMILES string of the molecule is O=C1OC(c2ccc(NC(=O)c3ncn[nH]3)cc2)NC1=Cc1ccc(Br)cc1. The van der Waals surface area contributed by atoms with Gasteiger partial charge in [0.25, 0.3) is 5.91 Å². The van der Waals surface area contributed by atoms with E-state index in [1.54, 1.807) is 30.3 Å². The zero-order valence-electron chi connectivity index (χ0n) is 14.3. The number of nitrogens with one attached hydrogen (secondary N) is 3. The fourth-order valence-electron chi connectivity index (χ4n) is 2.62. The van der Waals surface area contributed by atoms with Crippen LogP contribution in [0.2, 0.25) is 0 Å². The maximum Gasteiger partial charge on any atom is 0.356 e. The molecule has 1 unspecified atom stereocenters. The van der Waals surface area contributed by atoms with Crippen molar-refractivity contribution in [2.45, 2.75) is 6.23 Å². The molecule has 1 atom stereocenters. The number of nitrogens with zero attached hydrogens (tertiary/aromatic N) is 2. The minimum absolute atomic E-state index is 0.123. The first-order valence-corrected chi connectivity index (χ1v) is 9.09. The average Bonchev–Trinajstić information content (AvgIpc) is 3.35. The van der Waals surface area contributed by atoms with Crippen molar-refractivity contribution < 1.29 is 14.3 Å². The number of carbonyl (C=O) groups excluding carboxylic acids is 2. The standard InChI is InChI=1S/C19H14BrN5O3/c20-13-5-1-11(2-6-13)9-15-19(27)28-18(24-15)12-3-7-14(8-4-12)23-17(26)16-21-10-22-25-16/h1-10,18,24H,(H,23,26)(H,21,22,25). The summed E-state index contributed by atoms with van der Waals surface area (Å²) in [6.07, 6.45) is 2.41. The fraction of sp³-hybridized carbons (Fsp3) is 0.0526. The molecule has 0 aliphatic carbocycles. The number of ether oxygens (including phenoxy) is 1. The number of rotatable bonds is 4. The molecule has 0 spiro atoms. The van der Waals surface area contributed by atoms with Crippen molar-refractivity contribution in [3.8, 4) is 0 Å². The molecule has 1 saturated heterocycles. The maximum absolute atomic E-state index is 12.1. The topological polar surface area (TPSA) is 109 Å². The minimum Gasteiger partial charge on any atom is -0.433 e. The van der Waals surface area contributed by atoms with Gasteiger partial charge in [0.05, 0.1) is 0 Å². The molecule has 28 heavy (non-hydrogen) atoms. The highest BCUT2D eigenvalue weighted by Crippen LogP contribution is 2.26. The van der Waals surface area contributed by atoms with Gasteiger partial charge in [-0.2, -0.15) is 5.10 Å². The lowest BCUT2D eigenvalue weighted by molar-refractivity contribution is -0.139. The molecule has 2 heterocycles. The summed E-state index contributed by atoms with van der Waals surface area (Å²) in [5.41, 5.74) is 2.61. The molecule has 1 aliphatic heterocycles. The number of hydrogen-bond acceptors (Lipinski definition) is 6. The van der Waals surface area contributed by atoms with Gasteiger partial charge in [-0.25, -0.2) is 9.78 Å². The van der Waals surface area contributed by atoms with Crippen LogP contribution in [0.4, 0.5) is 5.69 Å². The quantitative estimate of drug-likeness (QED) is 0.425. The minimum atomic E-state index is -0.590. The van der Waals surface area contributed by atoms with Crippen molar-refractivity contribution in [1.82, 2.24) is 20.5 Å². The Hall–Kier alpha value is -3.46. The first-order valence-electron chi connectivity index (χ1n) is 8.30. The van der Waals surface area contributed by atoms with Gasteiger partial charge in [0.1, 0.15) is 12.0 Å². The van der Waals surface area contributed by atoms with Crippen LogP contribution in [0.5, 0.6) is 0 Å². The zero-order valence-corrected chi connectivity index (χ0v) is 15.9. The molecule has 3 aromatic rings. The highest BCUT2D eigenvalue weighted by molar-refractivity contribution is 9.10. The van der Waals surface area contributed by atoms with Gasteiger partial charge in [0, 0.05) is 15.7 Å². The van der Waals surface area contributed by atoms with Crippen molar-refractivity contribution in [1.29, 1.82) is 0 Å². The molecule has 0 bridgehead atoms. The highest BCUT2D eigenvalue weighted by atomic mass is 79.9. The Labute approximate surface area is 168 Å². The van der Waals surface area contributed by atoms with Crippen molar-refractivity contribution >= 4 is 39.6 Å². The van der Waals surface area contributed by atoms with Crippen LogP contribution < -0.4 is 10.6 Å². The molecular weight excluding hydrogens is 426 g/mol. The Morgan fingerprint density at radius 3 is 2.57 bits per heavy atom. The van der Waals surface area contributed by atoms with E-state index in [0.29, 0.717) is 11.4 Å². The molecule has 9 heteroatoms. The second-order valence-electron chi connectivity index (χ2n) is 5.95. The maximum atomic E-state index is 12.1. The summed E-state index contributed by atoms with van der Waals surface area (Å²) in [5, 5.41) is 11.9. The number of esters is 1. The van der Waals surface area contributed by atoms with Crippen LogP contribution in [0, 0.1) is 0 Å². The summed E-state index contributed by atoms with van der Waals surface area (Å²) in [4.78, 5) is 27.9. The second kappa shape index (κ2) is 7.65. The molecule has 3 N–H and O–H groups in total. The summed E-state index contributed by atoms with van der Waals surface area (Å²) in [7, 11) is 0. The third-order valence-corrected chi connectivity index (χ3v) is 4.54. The van der Waals surface area contributed by atoms with E-state index in [-0.39, 0.29) is 5.82 Å². The summed E-state index contributed by atoms with van der Waals surface area (Å²) < 4.78 is 6.36. The van der Waals surface area contributed by atoms with E-state index in [0.717, 1.165) is 15.6 Å². The Morgan fingerprint density at radius 2 is 1.89 bits per heavy atom. The lowest BCUT2D eigenvalue weighted by Gasteiger charge is -2.11. The van der Waals surface area contributed by atoms with E-state index >= 15 is 0 Å². The molecular formula is C19H14BrN5O3. The lowest BCUT2D eigenvalue weighted by atomic mass is 10.1. The smallest absolute Gasteiger partial charge is 0.356 e. The van der Waals surface area contributed by atoms with Crippen LogP contribution in [0.25, 0.3) is 6.08 Å². The van der Waals surface area contributed by atoms with E-state index < -0.39 is 18.1 Å². The van der Waals surface area contributed by atoms with E-state index in [9.17, 15) is 9.59 Å². The van der Waals surface area contributed by atoms with Crippen LogP contribution in [0.1, 0.15) is 28.0 Å². The molecule has 1 fully saturated rings. The molecule has 4 rings (SSSR count). The molecule has 0 radical (unpaired) electrons.